The van der Waals surface area contributed by atoms with E-state index in [9.17, 15) is 14.4 Å². The second kappa shape index (κ2) is 6.61. The summed E-state index contributed by atoms with van der Waals surface area (Å²) in [4.78, 5) is 41.0. The molecule has 6 heteroatoms. The molecule has 0 radical (unpaired) electrons. The van der Waals surface area contributed by atoms with Crippen LogP contribution in [0, 0.1) is 5.92 Å². The topological polar surface area (TPSA) is 69.7 Å². The molecule has 1 spiro atoms. The average molecular weight is 347 g/mol. The number of carbonyl (C=O) groups excluding carboxylic acids is 3. The number of nitrogens with one attached hydrogen (secondary N) is 1. The number of urea groups is 1. The van der Waals surface area contributed by atoms with Crippen LogP contribution in [0.2, 0.25) is 0 Å². The lowest BCUT2D eigenvalue weighted by molar-refractivity contribution is -0.134. The summed E-state index contributed by atoms with van der Waals surface area (Å²) in [6, 6.07) is 0.0766. The van der Waals surface area contributed by atoms with Gasteiger partial charge < -0.3 is 10.2 Å². The van der Waals surface area contributed by atoms with Crippen LogP contribution >= 0.6 is 0 Å². The van der Waals surface area contributed by atoms with Crippen molar-refractivity contribution in [3.05, 3.63) is 0 Å². The van der Waals surface area contributed by atoms with Crippen molar-refractivity contribution < 1.29 is 14.4 Å². The fraction of sp³-hybridized carbons (Fsp3) is 0.842. The maximum Gasteiger partial charge on any atom is 0.325 e. The molecule has 2 aliphatic heterocycles. The van der Waals surface area contributed by atoms with Gasteiger partial charge in [-0.05, 0) is 44.4 Å². The molecular formula is C19H29N3O3. The molecule has 4 amide bonds. The first-order valence-corrected chi connectivity index (χ1v) is 10.0. The fourth-order valence-electron chi connectivity index (χ4n) is 5.48. The van der Waals surface area contributed by atoms with Gasteiger partial charge >= 0.3 is 6.03 Å². The van der Waals surface area contributed by atoms with E-state index in [0.29, 0.717) is 12.0 Å². The molecule has 4 fully saturated rings. The molecule has 2 saturated carbocycles. The Bertz CT molecular complexity index is 564. The summed E-state index contributed by atoms with van der Waals surface area (Å²) in [7, 11) is 0. The first-order chi connectivity index (χ1) is 12.1. The highest BCUT2D eigenvalue weighted by Crippen LogP contribution is 2.37. The highest BCUT2D eigenvalue weighted by atomic mass is 16.2. The summed E-state index contributed by atoms with van der Waals surface area (Å²) in [6.07, 6.45) is 10.9. The molecule has 4 aliphatic rings. The van der Waals surface area contributed by atoms with Crippen molar-refractivity contribution in [3.63, 3.8) is 0 Å². The van der Waals surface area contributed by atoms with Gasteiger partial charge in [-0.1, -0.05) is 25.7 Å². The number of hydrogen-bond donors (Lipinski definition) is 1. The van der Waals surface area contributed by atoms with Crippen molar-refractivity contribution in [1.29, 1.82) is 0 Å². The predicted molar refractivity (Wildman–Crippen MR) is 92.8 cm³/mol. The van der Waals surface area contributed by atoms with Crippen LogP contribution in [0.15, 0.2) is 0 Å². The molecule has 1 N–H and O–H groups in total. The number of rotatable bonds is 4. The van der Waals surface area contributed by atoms with Gasteiger partial charge in [-0.25, -0.2) is 4.79 Å². The Balaban J connectivity index is 1.35. The zero-order chi connectivity index (χ0) is 17.4. The van der Waals surface area contributed by atoms with E-state index in [1.54, 1.807) is 0 Å². The molecule has 0 aromatic rings. The van der Waals surface area contributed by atoms with Gasteiger partial charge in [0, 0.05) is 25.6 Å². The van der Waals surface area contributed by atoms with Gasteiger partial charge in [0.25, 0.3) is 5.91 Å². The van der Waals surface area contributed by atoms with Crippen molar-refractivity contribution >= 4 is 17.8 Å². The molecule has 2 aliphatic carbocycles. The molecule has 4 rings (SSSR count). The average Bonchev–Trinajstić information content (AvgIpc) is 3.36. The van der Waals surface area contributed by atoms with Gasteiger partial charge in [-0.3, -0.25) is 14.5 Å². The number of imide groups is 1. The second-order valence-corrected chi connectivity index (χ2v) is 8.27. The third-order valence-electron chi connectivity index (χ3n) is 6.82. The zero-order valence-electron chi connectivity index (χ0n) is 15.0. The van der Waals surface area contributed by atoms with E-state index in [1.807, 2.05) is 4.90 Å². The summed E-state index contributed by atoms with van der Waals surface area (Å²) in [5.74, 6) is 0.656. The Morgan fingerprint density at radius 3 is 2.48 bits per heavy atom. The van der Waals surface area contributed by atoms with Gasteiger partial charge in [0.2, 0.25) is 5.91 Å². The van der Waals surface area contributed by atoms with Crippen LogP contribution in [-0.4, -0.2) is 52.3 Å². The number of likely N-dealkylation sites (tertiary alicyclic amines) is 1. The lowest BCUT2D eigenvalue weighted by Gasteiger charge is -2.30. The second-order valence-electron chi connectivity index (χ2n) is 8.27. The van der Waals surface area contributed by atoms with E-state index in [4.69, 9.17) is 0 Å². The van der Waals surface area contributed by atoms with Gasteiger partial charge in [0.05, 0.1) is 0 Å². The molecule has 2 saturated heterocycles. The Morgan fingerprint density at radius 2 is 1.76 bits per heavy atom. The normalized spacial score (nSPS) is 29.2. The van der Waals surface area contributed by atoms with Crippen molar-refractivity contribution in [1.82, 2.24) is 15.1 Å². The van der Waals surface area contributed by atoms with Crippen LogP contribution in [0.4, 0.5) is 4.79 Å². The lowest BCUT2D eigenvalue weighted by Crippen LogP contribution is -2.44. The maximum absolute atomic E-state index is 12.8. The molecule has 0 unspecified atom stereocenters. The van der Waals surface area contributed by atoms with Crippen molar-refractivity contribution in [2.24, 2.45) is 5.92 Å². The Hall–Kier alpha value is -1.59. The Labute approximate surface area is 149 Å². The number of amides is 4. The van der Waals surface area contributed by atoms with E-state index < -0.39 is 5.54 Å². The molecule has 2 heterocycles. The van der Waals surface area contributed by atoms with E-state index in [0.717, 1.165) is 45.1 Å². The SMILES string of the molecule is O=C1NC2(CCCC2)C(=O)N1CCC(=O)N1CCC[C@H]1C1CCCC1. The lowest BCUT2D eigenvalue weighted by atomic mass is 9.96. The van der Waals surface area contributed by atoms with Crippen molar-refractivity contribution in [2.75, 3.05) is 13.1 Å². The third kappa shape index (κ3) is 2.93. The molecule has 25 heavy (non-hydrogen) atoms. The Kier molecular flexibility index (Phi) is 4.46. The summed E-state index contributed by atoms with van der Waals surface area (Å²) in [6.45, 7) is 1.06. The van der Waals surface area contributed by atoms with Crippen LogP contribution in [0.1, 0.15) is 70.6 Å². The van der Waals surface area contributed by atoms with Crippen LogP contribution in [0.3, 0.4) is 0 Å². The van der Waals surface area contributed by atoms with Crippen LogP contribution in [0.5, 0.6) is 0 Å². The van der Waals surface area contributed by atoms with E-state index in [1.165, 1.54) is 30.6 Å². The minimum Gasteiger partial charge on any atom is -0.339 e. The van der Waals surface area contributed by atoms with Crippen molar-refractivity contribution in [3.8, 4) is 0 Å². The van der Waals surface area contributed by atoms with Crippen LogP contribution < -0.4 is 5.32 Å². The molecule has 6 nitrogen and oxygen atoms in total. The van der Waals surface area contributed by atoms with Crippen molar-refractivity contribution in [2.45, 2.75) is 82.2 Å². The van der Waals surface area contributed by atoms with E-state index in [2.05, 4.69) is 5.32 Å². The number of hydrogen-bond acceptors (Lipinski definition) is 3. The van der Waals surface area contributed by atoms with E-state index >= 15 is 0 Å². The number of carbonyl (C=O) groups is 3. The fourth-order valence-corrected chi connectivity index (χ4v) is 5.48. The highest BCUT2D eigenvalue weighted by Gasteiger charge is 2.52. The van der Waals surface area contributed by atoms with Gasteiger partial charge in [-0.15, -0.1) is 0 Å². The smallest absolute Gasteiger partial charge is 0.325 e. The summed E-state index contributed by atoms with van der Waals surface area (Å²) < 4.78 is 0. The highest BCUT2D eigenvalue weighted by molar-refractivity contribution is 6.07. The quantitative estimate of drug-likeness (QED) is 0.794. The van der Waals surface area contributed by atoms with Gasteiger partial charge in [0.1, 0.15) is 5.54 Å². The third-order valence-corrected chi connectivity index (χ3v) is 6.82. The summed E-state index contributed by atoms with van der Waals surface area (Å²) in [5.41, 5.74) is -0.667. The van der Waals surface area contributed by atoms with Crippen LogP contribution in [0.25, 0.3) is 0 Å². The first kappa shape index (κ1) is 16.9. The molecule has 0 aromatic carbocycles. The predicted octanol–water partition coefficient (Wildman–Crippen LogP) is 2.42. The first-order valence-electron chi connectivity index (χ1n) is 10.0. The van der Waals surface area contributed by atoms with E-state index in [-0.39, 0.29) is 30.8 Å². The van der Waals surface area contributed by atoms with Gasteiger partial charge in [-0.2, -0.15) is 0 Å². The molecule has 138 valence electrons. The maximum atomic E-state index is 12.8. The molecule has 1 atom stereocenters. The largest absolute Gasteiger partial charge is 0.339 e. The number of nitrogens with zero attached hydrogens (tertiary/aromatic N) is 2. The zero-order valence-corrected chi connectivity index (χ0v) is 15.0. The van der Waals surface area contributed by atoms with Gasteiger partial charge in [0.15, 0.2) is 0 Å². The standard InChI is InChI=1S/C19H29N3O3/c23-16(21-12-5-8-15(21)14-6-1-2-7-14)9-13-22-17(24)19(20-18(22)25)10-3-4-11-19/h14-15H,1-13H2,(H,20,25)/t15-/m0/s1. The van der Waals surface area contributed by atoms with Crippen LogP contribution in [-0.2, 0) is 9.59 Å². The molecular weight excluding hydrogens is 318 g/mol. The summed E-state index contributed by atoms with van der Waals surface area (Å²) in [5, 5.41) is 2.89. The minimum atomic E-state index is -0.667. The Morgan fingerprint density at radius 1 is 1.04 bits per heavy atom. The molecule has 0 aromatic heterocycles. The summed E-state index contributed by atoms with van der Waals surface area (Å²) >= 11 is 0. The minimum absolute atomic E-state index is 0.113. The molecule has 0 bridgehead atoms. The monoisotopic (exact) mass is 347 g/mol.